The second-order valence-electron chi connectivity index (χ2n) is 6.81. The molecule has 0 radical (unpaired) electrons. The summed E-state index contributed by atoms with van der Waals surface area (Å²) in [5, 5.41) is 3.09. The molecule has 114 valence electrons. The largest absolute Gasteiger partial charge is 0.397 e. The summed E-state index contributed by atoms with van der Waals surface area (Å²) in [7, 11) is 3.89. The van der Waals surface area contributed by atoms with E-state index < -0.39 is 0 Å². The van der Waals surface area contributed by atoms with Gasteiger partial charge in [0.2, 0.25) is 0 Å². The van der Waals surface area contributed by atoms with Crippen LogP contribution in [0, 0.1) is 17.8 Å². The van der Waals surface area contributed by atoms with E-state index in [1.807, 2.05) is 31.1 Å². The molecule has 1 aromatic carbocycles. The molecule has 4 heteroatoms. The first-order valence-corrected chi connectivity index (χ1v) is 7.89. The second-order valence-corrected chi connectivity index (χ2v) is 6.81. The number of nitrogens with two attached hydrogens (primary N) is 1. The average Bonchev–Trinajstić information content (AvgIpc) is 3.06. The molecule has 3 atom stereocenters. The number of carbonyl (C=O) groups excluding carboxylic acids is 1. The van der Waals surface area contributed by atoms with Crippen molar-refractivity contribution in [2.45, 2.75) is 25.7 Å². The first-order valence-electron chi connectivity index (χ1n) is 7.89. The summed E-state index contributed by atoms with van der Waals surface area (Å²) in [6.07, 6.45) is 5.44. The SMILES string of the molecule is CN(C)c1ccc(C(=O)NCC2CC3CCC2C3)cc1N. The Kier molecular flexibility index (Phi) is 3.79. The topological polar surface area (TPSA) is 58.4 Å². The Morgan fingerprint density at radius 1 is 1.33 bits per heavy atom. The normalized spacial score (nSPS) is 26.9. The summed E-state index contributed by atoms with van der Waals surface area (Å²) < 4.78 is 0. The fourth-order valence-corrected chi connectivity index (χ4v) is 4.06. The van der Waals surface area contributed by atoms with Gasteiger partial charge in [0, 0.05) is 26.2 Å². The Hall–Kier alpha value is -1.71. The summed E-state index contributed by atoms with van der Waals surface area (Å²) in [4.78, 5) is 14.2. The number of benzene rings is 1. The number of amides is 1. The maximum absolute atomic E-state index is 12.3. The second kappa shape index (κ2) is 5.58. The first kappa shape index (κ1) is 14.2. The molecule has 1 aromatic rings. The number of nitrogens with zero attached hydrogens (tertiary/aromatic N) is 1. The van der Waals surface area contributed by atoms with Gasteiger partial charge in [0.1, 0.15) is 0 Å². The third kappa shape index (κ3) is 2.85. The first-order chi connectivity index (χ1) is 10.0. The number of nitrogen functional groups attached to an aromatic ring is 1. The lowest BCUT2D eigenvalue weighted by Crippen LogP contribution is -2.31. The smallest absolute Gasteiger partial charge is 0.251 e. The Balaban J connectivity index is 1.59. The van der Waals surface area contributed by atoms with Gasteiger partial charge in [0.05, 0.1) is 11.4 Å². The number of nitrogens with one attached hydrogen (secondary N) is 1. The van der Waals surface area contributed by atoms with Crippen LogP contribution >= 0.6 is 0 Å². The molecule has 2 bridgehead atoms. The Bertz CT molecular complexity index is 541. The van der Waals surface area contributed by atoms with Crippen molar-refractivity contribution >= 4 is 17.3 Å². The third-order valence-corrected chi connectivity index (χ3v) is 5.18. The fourth-order valence-electron chi connectivity index (χ4n) is 4.06. The molecule has 21 heavy (non-hydrogen) atoms. The Labute approximate surface area is 126 Å². The standard InChI is InChI=1S/C17H25N3O/c1-20(2)16-6-5-13(9-15(16)18)17(21)19-10-14-8-11-3-4-12(14)7-11/h5-6,9,11-12,14H,3-4,7-8,10,18H2,1-2H3,(H,19,21). The van der Waals surface area contributed by atoms with E-state index in [2.05, 4.69) is 5.32 Å². The molecule has 2 aliphatic carbocycles. The highest BCUT2D eigenvalue weighted by Crippen LogP contribution is 2.47. The van der Waals surface area contributed by atoms with Gasteiger partial charge in [-0.25, -0.2) is 0 Å². The van der Waals surface area contributed by atoms with Crippen molar-refractivity contribution < 1.29 is 4.79 Å². The Morgan fingerprint density at radius 2 is 2.14 bits per heavy atom. The third-order valence-electron chi connectivity index (χ3n) is 5.18. The van der Waals surface area contributed by atoms with Crippen LogP contribution in [0.15, 0.2) is 18.2 Å². The monoisotopic (exact) mass is 287 g/mol. The van der Waals surface area contributed by atoms with Crippen molar-refractivity contribution in [2.75, 3.05) is 31.3 Å². The summed E-state index contributed by atoms with van der Waals surface area (Å²) in [6, 6.07) is 5.52. The molecule has 0 saturated heterocycles. The van der Waals surface area contributed by atoms with Crippen molar-refractivity contribution in [3.63, 3.8) is 0 Å². The fraction of sp³-hybridized carbons (Fsp3) is 0.588. The van der Waals surface area contributed by atoms with E-state index in [0.29, 0.717) is 17.2 Å². The van der Waals surface area contributed by atoms with Crippen LogP contribution in [0.5, 0.6) is 0 Å². The van der Waals surface area contributed by atoms with Crippen LogP contribution < -0.4 is 16.0 Å². The number of anilines is 2. The number of fused-ring (bicyclic) bond motifs is 2. The minimum absolute atomic E-state index is 0.00483. The van der Waals surface area contributed by atoms with Crippen LogP contribution in [0.1, 0.15) is 36.0 Å². The van der Waals surface area contributed by atoms with E-state index in [1.54, 1.807) is 6.07 Å². The molecule has 0 aromatic heterocycles. The van der Waals surface area contributed by atoms with Crippen LogP contribution in [-0.4, -0.2) is 26.5 Å². The van der Waals surface area contributed by atoms with Gasteiger partial charge < -0.3 is 16.0 Å². The van der Waals surface area contributed by atoms with E-state index in [4.69, 9.17) is 5.73 Å². The molecule has 0 heterocycles. The molecule has 3 unspecified atom stereocenters. The molecule has 3 N–H and O–H groups in total. The van der Waals surface area contributed by atoms with Crippen LogP contribution in [0.4, 0.5) is 11.4 Å². The van der Waals surface area contributed by atoms with Crippen molar-refractivity contribution in [1.82, 2.24) is 5.32 Å². The maximum Gasteiger partial charge on any atom is 0.251 e. The summed E-state index contributed by atoms with van der Waals surface area (Å²) in [6.45, 7) is 0.815. The Morgan fingerprint density at radius 3 is 2.71 bits per heavy atom. The van der Waals surface area contributed by atoms with Gasteiger partial charge in [0.25, 0.3) is 5.91 Å². The summed E-state index contributed by atoms with van der Waals surface area (Å²) in [5.41, 5.74) is 8.25. The molecule has 0 spiro atoms. The van der Waals surface area contributed by atoms with Gasteiger partial charge in [-0.1, -0.05) is 6.42 Å². The molecule has 2 fully saturated rings. The molecule has 4 nitrogen and oxygen atoms in total. The van der Waals surface area contributed by atoms with Crippen LogP contribution in [0.2, 0.25) is 0 Å². The minimum atomic E-state index is -0.00483. The van der Waals surface area contributed by atoms with Crippen molar-refractivity contribution in [3.8, 4) is 0 Å². The van der Waals surface area contributed by atoms with Crippen LogP contribution in [-0.2, 0) is 0 Å². The van der Waals surface area contributed by atoms with Crippen LogP contribution in [0.25, 0.3) is 0 Å². The highest BCUT2D eigenvalue weighted by atomic mass is 16.1. The summed E-state index contributed by atoms with van der Waals surface area (Å²) >= 11 is 0. The predicted molar refractivity (Wildman–Crippen MR) is 86.5 cm³/mol. The number of carbonyl (C=O) groups is 1. The molecule has 2 aliphatic rings. The van der Waals surface area contributed by atoms with E-state index in [-0.39, 0.29) is 5.91 Å². The van der Waals surface area contributed by atoms with Gasteiger partial charge in [-0.2, -0.15) is 0 Å². The highest BCUT2D eigenvalue weighted by molar-refractivity contribution is 5.96. The van der Waals surface area contributed by atoms with Gasteiger partial charge in [-0.15, -0.1) is 0 Å². The van der Waals surface area contributed by atoms with E-state index in [9.17, 15) is 4.79 Å². The molecule has 1 amide bonds. The van der Waals surface area contributed by atoms with Crippen molar-refractivity contribution in [2.24, 2.45) is 17.8 Å². The molecule has 0 aliphatic heterocycles. The zero-order chi connectivity index (χ0) is 15.0. The number of hydrogen-bond donors (Lipinski definition) is 2. The number of hydrogen-bond acceptors (Lipinski definition) is 3. The van der Waals surface area contributed by atoms with Gasteiger partial charge in [0.15, 0.2) is 0 Å². The molecule has 3 rings (SSSR count). The molecular weight excluding hydrogens is 262 g/mol. The lowest BCUT2D eigenvalue weighted by molar-refractivity contribution is 0.0942. The van der Waals surface area contributed by atoms with Gasteiger partial charge >= 0.3 is 0 Å². The lowest BCUT2D eigenvalue weighted by atomic mass is 9.89. The molecule has 2 saturated carbocycles. The van der Waals surface area contributed by atoms with Crippen LogP contribution in [0.3, 0.4) is 0 Å². The van der Waals surface area contributed by atoms with E-state index >= 15 is 0 Å². The van der Waals surface area contributed by atoms with Gasteiger partial charge in [-0.3, -0.25) is 4.79 Å². The predicted octanol–water partition coefficient (Wildman–Crippen LogP) is 2.50. The van der Waals surface area contributed by atoms with Gasteiger partial charge in [-0.05, 0) is 55.2 Å². The van der Waals surface area contributed by atoms with E-state index in [1.165, 1.54) is 25.7 Å². The number of rotatable bonds is 4. The van der Waals surface area contributed by atoms with Crippen molar-refractivity contribution in [1.29, 1.82) is 0 Å². The van der Waals surface area contributed by atoms with E-state index in [0.717, 1.165) is 24.1 Å². The highest BCUT2D eigenvalue weighted by Gasteiger charge is 2.39. The zero-order valence-electron chi connectivity index (χ0n) is 12.9. The maximum atomic E-state index is 12.3. The quantitative estimate of drug-likeness (QED) is 0.837. The molecular formula is C17H25N3O. The van der Waals surface area contributed by atoms with Crippen molar-refractivity contribution in [3.05, 3.63) is 23.8 Å². The summed E-state index contributed by atoms with van der Waals surface area (Å²) in [5.74, 6) is 2.45. The zero-order valence-corrected chi connectivity index (χ0v) is 12.9. The minimum Gasteiger partial charge on any atom is -0.397 e. The lowest BCUT2D eigenvalue weighted by Gasteiger charge is -2.22. The average molecular weight is 287 g/mol.